The predicted molar refractivity (Wildman–Crippen MR) is 65.0 cm³/mol. The Morgan fingerprint density at radius 3 is 3.07 bits per heavy atom. The molecule has 0 bridgehead atoms. The lowest BCUT2D eigenvalue weighted by Gasteiger charge is -2.14. The summed E-state index contributed by atoms with van der Waals surface area (Å²) in [7, 11) is 0. The molecule has 0 fully saturated rings. The van der Waals surface area contributed by atoms with Crippen LogP contribution in [0.15, 0.2) is 11.2 Å². The van der Waals surface area contributed by atoms with E-state index in [1.165, 1.54) is 16.5 Å². The Labute approximate surface area is 97.4 Å². The number of nitrogens with zero attached hydrogens (tertiary/aromatic N) is 3. The van der Waals surface area contributed by atoms with E-state index in [0.29, 0.717) is 6.54 Å². The normalized spacial score (nSPS) is 10.8. The first-order chi connectivity index (χ1) is 7.13. The number of hydrazone groups is 1. The summed E-state index contributed by atoms with van der Waals surface area (Å²) in [5.41, 5.74) is 6.36. The van der Waals surface area contributed by atoms with E-state index in [9.17, 15) is 0 Å². The molecule has 7 heteroatoms. The van der Waals surface area contributed by atoms with Crippen LogP contribution in [0, 0.1) is 6.92 Å². The Hall–Kier alpha value is -1.05. The second kappa shape index (κ2) is 5.74. The van der Waals surface area contributed by atoms with Gasteiger partial charge in [0.05, 0.1) is 29.9 Å². The lowest BCUT2D eigenvalue weighted by atomic mass is 10.4. The predicted octanol–water partition coefficient (Wildman–Crippen LogP) is 0.323. The maximum absolute atomic E-state index is 8.75. The molecule has 1 heterocycles. The molecule has 0 amide bonds. The smallest absolute Gasteiger partial charge is 0.187 e. The first-order valence-electron chi connectivity index (χ1n) is 4.28. The van der Waals surface area contributed by atoms with Crippen molar-refractivity contribution < 1.29 is 5.11 Å². The molecule has 1 aromatic rings. The van der Waals surface area contributed by atoms with Crippen LogP contribution in [0.3, 0.4) is 0 Å². The molecule has 3 N–H and O–H groups in total. The molecule has 0 unspecified atom stereocenters. The number of hydrogen-bond acceptors (Lipinski definition) is 5. The van der Waals surface area contributed by atoms with Gasteiger partial charge in [-0.3, -0.25) is 0 Å². The van der Waals surface area contributed by atoms with Crippen LogP contribution >= 0.6 is 23.8 Å². The van der Waals surface area contributed by atoms with Crippen molar-refractivity contribution in [2.45, 2.75) is 6.92 Å². The molecule has 0 aliphatic heterocycles. The second-order valence-corrected chi connectivity index (χ2v) is 4.06. The molecule has 15 heavy (non-hydrogen) atoms. The number of nitrogens with two attached hydrogens (primary N) is 1. The third-order valence-corrected chi connectivity index (χ3v) is 2.56. The third-order valence-electron chi connectivity index (χ3n) is 1.54. The standard InChI is InChI=1S/C8H12N4OS2/c1-6-4-7(15-11-6)5-10-12(2-3-13)8(9)14/h4-5,13H,2-3H2,1H3,(H2,9,14)/b10-5+. The quantitative estimate of drug-likeness (QED) is 0.453. The van der Waals surface area contributed by atoms with Gasteiger partial charge in [0.15, 0.2) is 5.11 Å². The van der Waals surface area contributed by atoms with Crippen molar-refractivity contribution in [1.82, 2.24) is 9.38 Å². The van der Waals surface area contributed by atoms with Crippen molar-refractivity contribution in [2.75, 3.05) is 13.2 Å². The van der Waals surface area contributed by atoms with Crippen LogP contribution < -0.4 is 5.73 Å². The molecule has 0 radical (unpaired) electrons. The van der Waals surface area contributed by atoms with Crippen LogP contribution in [0.1, 0.15) is 10.6 Å². The van der Waals surface area contributed by atoms with Crippen LogP contribution in [-0.4, -0.2) is 39.0 Å². The van der Waals surface area contributed by atoms with E-state index in [1.807, 2.05) is 13.0 Å². The number of hydrogen-bond donors (Lipinski definition) is 2. The Morgan fingerprint density at radius 2 is 2.60 bits per heavy atom. The van der Waals surface area contributed by atoms with Gasteiger partial charge in [-0.15, -0.1) is 0 Å². The van der Waals surface area contributed by atoms with E-state index in [4.69, 9.17) is 23.1 Å². The highest BCUT2D eigenvalue weighted by atomic mass is 32.1. The largest absolute Gasteiger partial charge is 0.394 e. The number of rotatable bonds is 4. The van der Waals surface area contributed by atoms with Crippen LogP contribution in [0.5, 0.6) is 0 Å². The van der Waals surface area contributed by atoms with Gasteiger partial charge in [0.2, 0.25) is 0 Å². The molecule has 1 aromatic heterocycles. The third kappa shape index (κ3) is 3.90. The van der Waals surface area contributed by atoms with E-state index < -0.39 is 0 Å². The summed E-state index contributed by atoms with van der Waals surface area (Å²) in [6.45, 7) is 2.16. The van der Waals surface area contributed by atoms with Crippen molar-refractivity contribution in [1.29, 1.82) is 0 Å². The van der Waals surface area contributed by atoms with Gasteiger partial charge in [-0.2, -0.15) is 9.47 Å². The summed E-state index contributed by atoms with van der Waals surface area (Å²) >= 11 is 6.12. The molecule has 1 rings (SSSR count). The van der Waals surface area contributed by atoms with Crippen molar-refractivity contribution in [3.8, 4) is 0 Å². The Bertz CT molecular complexity index is 363. The maximum atomic E-state index is 8.75. The first kappa shape index (κ1) is 12.0. The van der Waals surface area contributed by atoms with E-state index in [2.05, 4.69) is 9.47 Å². The van der Waals surface area contributed by atoms with Gasteiger partial charge in [0, 0.05) is 0 Å². The molecular formula is C8H12N4OS2. The lowest BCUT2D eigenvalue weighted by molar-refractivity contribution is 0.254. The van der Waals surface area contributed by atoms with E-state index >= 15 is 0 Å². The Balaban J connectivity index is 2.65. The van der Waals surface area contributed by atoms with Gasteiger partial charge in [-0.1, -0.05) is 0 Å². The average Bonchev–Trinajstić information content (AvgIpc) is 2.58. The summed E-state index contributed by atoms with van der Waals surface area (Å²) in [6, 6.07) is 1.91. The highest BCUT2D eigenvalue weighted by molar-refractivity contribution is 7.80. The van der Waals surface area contributed by atoms with Crippen LogP contribution in [0.4, 0.5) is 0 Å². The van der Waals surface area contributed by atoms with Gasteiger partial charge < -0.3 is 10.8 Å². The summed E-state index contributed by atoms with van der Waals surface area (Å²) in [6.07, 6.45) is 1.62. The summed E-state index contributed by atoms with van der Waals surface area (Å²) in [5, 5.41) is 14.3. The minimum atomic E-state index is -0.0452. The number of aliphatic hydroxyl groups is 1. The molecule has 0 atom stereocenters. The number of aromatic nitrogens is 1. The van der Waals surface area contributed by atoms with Crippen LogP contribution in [0.25, 0.3) is 0 Å². The summed E-state index contributed by atoms with van der Waals surface area (Å²) in [4.78, 5) is 0.923. The zero-order chi connectivity index (χ0) is 11.3. The van der Waals surface area contributed by atoms with Crippen molar-refractivity contribution in [3.05, 3.63) is 16.6 Å². The molecule has 0 saturated carbocycles. The molecule has 0 aromatic carbocycles. The molecule has 5 nitrogen and oxygen atoms in total. The number of thiocarbonyl (C=S) groups is 1. The summed E-state index contributed by atoms with van der Waals surface area (Å²) in [5.74, 6) is 0. The number of aryl methyl sites for hydroxylation is 1. The Kier molecular flexibility index (Phi) is 4.60. The van der Waals surface area contributed by atoms with E-state index in [1.54, 1.807) is 6.21 Å². The zero-order valence-electron chi connectivity index (χ0n) is 8.25. The minimum absolute atomic E-state index is 0.0452. The summed E-state index contributed by atoms with van der Waals surface area (Å²) < 4.78 is 4.10. The average molecular weight is 244 g/mol. The van der Waals surface area contributed by atoms with Gasteiger partial charge in [-0.25, -0.2) is 5.01 Å². The fraction of sp³-hybridized carbons (Fsp3) is 0.375. The monoisotopic (exact) mass is 244 g/mol. The zero-order valence-corrected chi connectivity index (χ0v) is 9.88. The van der Waals surface area contributed by atoms with Gasteiger partial charge in [-0.05, 0) is 36.7 Å². The van der Waals surface area contributed by atoms with Gasteiger partial charge in [0.25, 0.3) is 0 Å². The van der Waals surface area contributed by atoms with Crippen molar-refractivity contribution in [3.63, 3.8) is 0 Å². The highest BCUT2D eigenvalue weighted by Crippen LogP contribution is 2.06. The fourth-order valence-corrected chi connectivity index (χ4v) is 1.65. The molecule has 0 saturated heterocycles. The topological polar surface area (TPSA) is 74.7 Å². The SMILES string of the molecule is Cc1cc(/C=N/N(CCO)C(N)=S)sn1. The molecular weight excluding hydrogens is 232 g/mol. The fourth-order valence-electron chi connectivity index (χ4n) is 0.890. The van der Waals surface area contributed by atoms with Crippen LogP contribution in [-0.2, 0) is 0 Å². The van der Waals surface area contributed by atoms with Gasteiger partial charge in [0.1, 0.15) is 0 Å². The minimum Gasteiger partial charge on any atom is -0.394 e. The van der Waals surface area contributed by atoms with Gasteiger partial charge >= 0.3 is 0 Å². The van der Waals surface area contributed by atoms with E-state index in [-0.39, 0.29) is 11.7 Å². The second-order valence-electron chi connectivity index (χ2n) is 2.80. The van der Waals surface area contributed by atoms with Crippen molar-refractivity contribution in [2.24, 2.45) is 10.8 Å². The van der Waals surface area contributed by atoms with E-state index in [0.717, 1.165) is 10.6 Å². The first-order valence-corrected chi connectivity index (χ1v) is 5.47. The Morgan fingerprint density at radius 1 is 1.87 bits per heavy atom. The molecule has 0 spiro atoms. The molecule has 0 aliphatic carbocycles. The number of aliphatic hydroxyl groups excluding tert-OH is 1. The molecule has 82 valence electrons. The van der Waals surface area contributed by atoms with Crippen molar-refractivity contribution >= 4 is 35.1 Å². The maximum Gasteiger partial charge on any atom is 0.187 e. The lowest BCUT2D eigenvalue weighted by Crippen LogP contribution is -2.33. The molecule has 0 aliphatic rings. The highest BCUT2D eigenvalue weighted by Gasteiger charge is 2.02. The van der Waals surface area contributed by atoms with Crippen LogP contribution in [0.2, 0.25) is 0 Å².